The molecule has 6 rings (SSSR count). The molecule has 248 valence electrons. The van der Waals surface area contributed by atoms with Crippen LogP contribution in [0, 0.1) is 5.41 Å². The van der Waals surface area contributed by atoms with Crippen LogP contribution in [0.2, 0.25) is 0 Å². The second-order valence-corrected chi connectivity index (χ2v) is 16.6. The Labute approximate surface area is 275 Å². The van der Waals surface area contributed by atoms with Crippen LogP contribution in [0.25, 0.3) is 16.8 Å². The van der Waals surface area contributed by atoms with E-state index < -0.39 is 32.1 Å². The highest BCUT2D eigenvalue weighted by molar-refractivity contribution is 8.23. The Bertz CT molecular complexity index is 2100. The number of nitrogens with one attached hydrogen (secondary N) is 3. The Hall–Kier alpha value is -4.21. The molecule has 6 N–H and O–H groups in total. The van der Waals surface area contributed by atoms with Crippen molar-refractivity contribution in [3.8, 4) is 0 Å². The average Bonchev–Trinajstić information content (AvgIpc) is 3.31. The molecule has 0 amide bonds. The first-order valence-corrected chi connectivity index (χ1v) is 18.4. The topological polar surface area (TPSA) is 178 Å². The number of hydrogen-bond acceptors (Lipinski definition) is 10. The molecule has 1 unspecified atom stereocenters. The lowest BCUT2D eigenvalue weighted by atomic mass is 9.69. The maximum atomic E-state index is 15.0. The van der Waals surface area contributed by atoms with E-state index in [-0.39, 0.29) is 45.4 Å². The van der Waals surface area contributed by atoms with Gasteiger partial charge in [-0.05, 0) is 54.2 Å². The van der Waals surface area contributed by atoms with E-state index in [1.807, 2.05) is 48.0 Å². The van der Waals surface area contributed by atoms with E-state index in [4.69, 9.17) is 4.98 Å². The van der Waals surface area contributed by atoms with Crippen molar-refractivity contribution < 1.29 is 27.4 Å². The molecule has 0 bridgehead atoms. The zero-order valence-corrected chi connectivity index (χ0v) is 28.3. The normalized spacial score (nSPS) is 19.9. The van der Waals surface area contributed by atoms with Gasteiger partial charge >= 0.3 is 0 Å². The van der Waals surface area contributed by atoms with Crippen LogP contribution in [0.3, 0.4) is 0 Å². The molecular weight excluding hydrogens is 641 g/mol. The predicted octanol–water partition coefficient (Wildman–Crippen LogP) is 6.16. The summed E-state index contributed by atoms with van der Waals surface area (Å²) < 4.78 is 54.4. The van der Waals surface area contributed by atoms with E-state index in [1.165, 1.54) is 18.2 Å². The number of anilines is 2. The number of ketones is 1. The number of nitrogens with zero attached hydrogens (tertiary/aromatic N) is 3. The molecule has 0 saturated heterocycles. The van der Waals surface area contributed by atoms with Crippen LogP contribution in [-0.2, 0) is 33.9 Å². The number of aliphatic hydroxyl groups excluding tert-OH is 1. The van der Waals surface area contributed by atoms with Crippen molar-refractivity contribution in [3.05, 3.63) is 89.3 Å². The van der Waals surface area contributed by atoms with E-state index in [2.05, 4.69) is 40.5 Å². The van der Waals surface area contributed by atoms with E-state index in [0.717, 1.165) is 17.3 Å². The van der Waals surface area contributed by atoms with Gasteiger partial charge < -0.3 is 15.0 Å². The number of imidazole rings is 1. The van der Waals surface area contributed by atoms with Crippen LogP contribution in [0.4, 0.5) is 11.4 Å². The monoisotopic (exact) mass is 678 g/mol. The molecule has 0 radical (unpaired) electrons. The Morgan fingerprint density at radius 3 is 2.45 bits per heavy atom. The third kappa shape index (κ3) is 6.14. The molecular formula is C33H38N6O6S2. The SMILES string of the molecule is Cn1c(CNC2(CCC(C)(C)C)C(=O)C(C3=NS(O)(O)c4cc(NS(C)(=O)=O)ccc4N3)=C(O)c3ccccc32)nc2ccccc21. The molecule has 3 aromatic carbocycles. The van der Waals surface area contributed by atoms with Gasteiger partial charge in [0, 0.05) is 12.6 Å². The second kappa shape index (κ2) is 11.5. The number of aliphatic hydroxyl groups is 1. The molecule has 1 atom stereocenters. The van der Waals surface area contributed by atoms with Crippen molar-refractivity contribution in [2.45, 2.75) is 50.6 Å². The summed E-state index contributed by atoms with van der Waals surface area (Å²) in [4.78, 5) is 19.7. The maximum absolute atomic E-state index is 15.0. The third-order valence-corrected chi connectivity index (χ3v) is 10.4. The summed E-state index contributed by atoms with van der Waals surface area (Å²) in [6.07, 6.45) is 1.97. The van der Waals surface area contributed by atoms with E-state index in [1.54, 1.807) is 12.1 Å². The van der Waals surface area contributed by atoms with Gasteiger partial charge in [0.1, 0.15) is 27.6 Å². The van der Waals surface area contributed by atoms with Gasteiger partial charge in [0.25, 0.3) is 0 Å². The summed E-state index contributed by atoms with van der Waals surface area (Å²) in [7, 11) is -5.65. The third-order valence-electron chi connectivity index (χ3n) is 8.46. The summed E-state index contributed by atoms with van der Waals surface area (Å²) in [5.41, 5.74) is 1.39. The number of carbonyl (C=O) groups excluding carboxylic acids is 1. The zero-order valence-electron chi connectivity index (χ0n) is 26.7. The molecule has 0 fully saturated rings. The quantitative estimate of drug-likeness (QED) is 0.127. The lowest BCUT2D eigenvalue weighted by molar-refractivity contribution is -0.122. The summed E-state index contributed by atoms with van der Waals surface area (Å²) >= 11 is 0. The smallest absolute Gasteiger partial charge is 0.229 e. The molecule has 2 heterocycles. The van der Waals surface area contributed by atoms with Crippen LogP contribution in [0.1, 0.15) is 50.6 Å². The first-order valence-electron chi connectivity index (χ1n) is 15.0. The van der Waals surface area contributed by atoms with Gasteiger partial charge in [0.15, 0.2) is 11.6 Å². The number of sulfonamides is 1. The molecule has 47 heavy (non-hydrogen) atoms. The van der Waals surface area contributed by atoms with Crippen molar-refractivity contribution in [1.82, 2.24) is 14.9 Å². The lowest BCUT2D eigenvalue weighted by Crippen LogP contribution is -2.54. The van der Waals surface area contributed by atoms with E-state index in [9.17, 15) is 27.4 Å². The highest BCUT2D eigenvalue weighted by atomic mass is 32.3. The zero-order chi connectivity index (χ0) is 33.9. The highest BCUT2D eigenvalue weighted by Crippen LogP contribution is 2.57. The molecule has 14 heteroatoms. The van der Waals surface area contributed by atoms with Crippen LogP contribution in [-0.4, -0.2) is 50.1 Å². The molecule has 2 aliphatic rings. The van der Waals surface area contributed by atoms with Gasteiger partial charge in [0.05, 0.1) is 35.2 Å². The second-order valence-electron chi connectivity index (χ2n) is 13.2. The fourth-order valence-corrected chi connectivity index (χ4v) is 7.83. The number of hydrogen-bond donors (Lipinski definition) is 6. The number of aryl methyl sites for hydroxylation is 1. The highest BCUT2D eigenvalue weighted by Gasteiger charge is 2.50. The minimum Gasteiger partial charge on any atom is -0.506 e. The molecule has 0 saturated carbocycles. The van der Waals surface area contributed by atoms with Crippen molar-refractivity contribution in [1.29, 1.82) is 0 Å². The number of rotatable bonds is 8. The van der Waals surface area contributed by atoms with Crippen molar-refractivity contribution in [3.63, 3.8) is 0 Å². The number of benzene rings is 3. The fourth-order valence-electron chi connectivity index (χ4n) is 6.08. The summed E-state index contributed by atoms with van der Waals surface area (Å²) in [5, 5.41) is 18.2. The van der Waals surface area contributed by atoms with Crippen LogP contribution >= 0.6 is 10.8 Å². The summed E-state index contributed by atoms with van der Waals surface area (Å²) in [6.45, 7) is 6.49. The Morgan fingerprint density at radius 1 is 1.04 bits per heavy atom. The molecule has 1 aliphatic carbocycles. The molecule has 12 nitrogen and oxygen atoms in total. The number of amidine groups is 1. The minimum atomic E-state index is -3.93. The van der Waals surface area contributed by atoms with Gasteiger partial charge in [-0.2, -0.15) is 0 Å². The molecule has 1 aliphatic heterocycles. The van der Waals surface area contributed by atoms with E-state index >= 15 is 0 Å². The van der Waals surface area contributed by atoms with Gasteiger partial charge in [-0.3, -0.25) is 23.9 Å². The number of para-hydroxylation sites is 2. The van der Waals surface area contributed by atoms with E-state index in [0.29, 0.717) is 29.8 Å². The first kappa shape index (κ1) is 32.7. The fraction of sp³-hybridized carbons (Fsp3) is 0.303. The lowest BCUT2D eigenvalue weighted by Gasteiger charge is -2.42. The van der Waals surface area contributed by atoms with Crippen molar-refractivity contribution in [2.24, 2.45) is 16.9 Å². The van der Waals surface area contributed by atoms with Crippen molar-refractivity contribution >= 4 is 60.6 Å². The number of carbonyl (C=O) groups is 1. The minimum absolute atomic E-state index is 0.0578. The summed E-state index contributed by atoms with van der Waals surface area (Å²) in [6, 6.07) is 19.1. The Balaban J connectivity index is 1.47. The summed E-state index contributed by atoms with van der Waals surface area (Å²) in [5.74, 6) is -0.330. The van der Waals surface area contributed by atoms with Gasteiger partial charge in [0.2, 0.25) is 10.0 Å². The Kier molecular flexibility index (Phi) is 8.00. The first-order chi connectivity index (χ1) is 22.0. The molecule has 0 spiro atoms. The number of fused-ring (bicyclic) bond motifs is 3. The molecule has 4 aromatic rings. The molecule has 1 aromatic heterocycles. The maximum Gasteiger partial charge on any atom is 0.229 e. The van der Waals surface area contributed by atoms with Crippen LogP contribution in [0.5, 0.6) is 0 Å². The van der Waals surface area contributed by atoms with Gasteiger partial charge in [-0.1, -0.05) is 67.9 Å². The van der Waals surface area contributed by atoms with Crippen LogP contribution < -0.4 is 15.4 Å². The number of aromatic nitrogens is 2. The number of Topliss-reactive ketones (excluding diaryl/α,β-unsaturated/α-hetero) is 1. The van der Waals surface area contributed by atoms with Gasteiger partial charge in [-0.25, -0.2) is 13.4 Å². The van der Waals surface area contributed by atoms with Gasteiger partial charge in [-0.15, -0.1) is 4.40 Å². The standard InChI is InChI=1S/C33H38N6O6S2/c1-32(2,3)16-17-33(34-19-27-35-23-12-8-9-13-25(23)39(27)4)22-11-7-6-10-21(22)29(40)28(30(33)41)31-36-24-15-14-20(37-46(5,42)43)18-26(24)47(44,45)38-31/h6-15,18,34,37,40,44-45H,16-17,19H2,1-5H3,(H,36,38). The average molecular weight is 679 g/mol. The van der Waals surface area contributed by atoms with Crippen molar-refractivity contribution in [2.75, 3.05) is 16.3 Å². The Morgan fingerprint density at radius 2 is 1.74 bits per heavy atom. The largest absolute Gasteiger partial charge is 0.506 e. The predicted molar refractivity (Wildman–Crippen MR) is 186 cm³/mol. The van der Waals surface area contributed by atoms with Crippen LogP contribution in [0.15, 0.2) is 81.6 Å².